The van der Waals surface area contributed by atoms with Crippen molar-refractivity contribution in [3.05, 3.63) is 28.9 Å². The molecule has 4 aromatic rings. The van der Waals surface area contributed by atoms with Crippen LogP contribution < -0.4 is 17.0 Å². The van der Waals surface area contributed by atoms with Gasteiger partial charge in [-0.2, -0.15) is 9.67 Å². The Bertz CT molecular complexity index is 1770. The van der Waals surface area contributed by atoms with E-state index in [0.717, 1.165) is 0 Å². The maximum absolute atomic E-state index is 12.3. The molecule has 0 radical (unpaired) electrons. The van der Waals surface area contributed by atoms with E-state index in [1.165, 1.54) is 11.0 Å². The summed E-state index contributed by atoms with van der Waals surface area (Å²) < 4.78 is 38.4. The van der Waals surface area contributed by atoms with Crippen molar-refractivity contribution in [2.75, 3.05) is 24.7 Å². The number of thiol groups is 1. The summed E-state index contributed by atoms with van der Waals surface area (Å²) >= 11 is 9.47. The molecule has 22 heteroatoms. The van der Waals surface area contributed by atoms with Crippen LogP contribution in [0.25, 0.3) is 22.2 Å². The highest BCUT2D eigenvalue weighted by Crippen LogP contribution is 2.58. The van der Waals surface area contributed by atoms with Crippen LogP contribution in [0.3, 0.4) is 0 Å². The Hall–Kier alpha value is -2.64. The van der Waals surface area contributed by atoms with Gasteiger partial charge in [-0.1, -0.05) is 5.21 Å². The fraction of sp³-hybridized carbons (Fsp3) is 0.500. The number of H-pyrrole nitrogens is 1. The second-order valence-corrected chi connectivity index (χ2v) is 14.9. The van der Waals surface area contributed by atoms with Gasteiger partial charge in [0.15, 0.2) is 23.9 Å². The quantitative estimate of drug-likeness (QED) is 0.105. The summed E-state index contributed by atoms with van der Waals surface area (Å²) in [5.41, 5.74) is 10.6. The van der Waals surface area contributed by atoms with E-state index in [1.54, 1.807) is 16.8 Å². The summed E-state index contributed by atoms with van der Waals surface area (Å²) in [6, 6.07) is 1.75. The summed E-state index contributed by atoms with van der Waals surface area (Å²) in [6.45, 7) is -4.35. The Labute approximate surface area is 246 Å². The number of nitrogen functional groups attached to an aromatic ring is 2. The topological polar surface area (TPSA) is 254 Å². The van der Waals surface area contributed by atoms with Crippen LogP contribution in [0.15, 0.2) is 23.4 Å². The van der Waals surface area contributed by atoms with Crippen LogP contribution in [0, 0.1) is 0 Å². The summed E-state index contributed by atoms with van der Waals surface area (Å²) in [6.07, 6.45) is -0.505. The van der Waals surface area contributed by atoms with Crippen LogP contribution in [0.5, 0.6) is 0 Å². The smallest absolute Gasteiger partial charge is 0.394 e. The fourth-order valence-corrected chi connectivity index (χ4v) is 8.28. The summed E-state index contributed by atoms with van der Waals surface area (Å²) in [5.74, 6) is 0.135. The predicted octanol–water partition coefficient (Wildman–Crippen LogP) is 0.351. The molecule has 7 N–H and O–H groups in total. The lowest BCUT2D eigenvalue weighted by atomic mass is 10.2. The number of ether oxygens (including phenoxy) is 2. The molecule has 0 bridgehead atoms. The van der Waals surface area contributed by atoms with Crippen molar-refractivity contribution < 1.29 is 33.1 Å². The van der Waals surface area contributed by atoms with E-state index in [1.807, 2.05) is 0 Å². The molecule has 2 aliphatic rings. The zero-order valence-corrected chi connectivity index (χ0v) is 24.9. The van der Waals surface area contributed by atoms with Gasteiger partial charge < -0.3 is 40.0 Å². The molecule has 8 unspecified atom stereocenters. The van der Waals surface area contributed by atoms with Gasteiger partial charge in [-0.25, -0.2) is 9.97 Å². The van der Waals surface area contributed by atoms with E-state index in [-0.39, 0.29) is 43.2 Å². The maximum atomic E-state index is 12.3. The molecule has 18 nitrogen and oxygen atoms in total. The minimum Gasteiger partial charge on any atom is -0.394 e. The Morgan fingerprint density at radius 2 is 2.10 bits per heavy atom. The molecular formula is C20H25N10O8P2S2+. The molecule has 2 aliphatic heterocycles. The Kier molecular flexibility index (Phi) is 8.03. The first-order valence-corrected chi connectivity index (χ1v) is 17.5. The number of nitrogens with one attached hydrogen (secondary N) is 1. The molecule has 2 saturated heterocycles. The number of aromatic nitrogens is 8. The van der Waals surface area contributed by atoms with Gasteiger partial charge in [-0.15, -0.1) is 9.62 Å². The molecule has 2 fully saturated rings. The van der Waals surface area contributed by atoms with E-state index in [9.17, 15) is 19.4 Å². The molecule has 42 heavy (non-hydrogen) atoms. The van der Waals surface area contributed by atoms with E-state index < -0.39 is 55.7 Å². The number of rotatable bonds is 9. The third-order valence-electron chi connectivity index (χ3n) is 7.06. The van der Waals surface area contributed by atoms with Gasteiger partial charge in [0, 0.05) is 12.6 Å². The van der Waals surface area contributed by atoms with Crippen LogP contribution in [-0.2, 0) is 34.9 Å². The largest absolute Gasteiger partial charge is 0.582 e. The minimum absolute atomic E-state index is 0.0104. The van der Waals surface area contributed by atoms with Crippen molar-refractivity contribution in [3.63, 3.8) is 0 Å². The van der Waals surface area contributed by atoms with Crippen LogP contribution in [0.1, 0.15) is 25.3 Å². The van der Waals surface area contributed by atoms with Crippen molar-refractivity contribution in [1.29, 1.82) is 0 Å². The van der Waals surface area contributed by atoms with E-state index in [4.69, 9.17) is 41.8 Å². The second kappa shape index (κ2) is 11.5. The number of anilines is 2. The van der Waals surface area contributed by atoms with Crippen molar-refractivity contribution >= 4 is 71.7 Å². The number of hydrogen-bond acceptors (Lipinski definition) is 15. The van der Waals surface area contributed by atoms with Gasteiger partial charge in [0.1, 0.15) is 48.5 Å². The van der Waals surface area contributed by atoms with Gasteiger partial charge in [0.25, 0.3) is 5.56 Å². The molecule has 0 saturated carbocycles. The zero-order valence-electron chi connectivity index (χ0n) is 21.4. The van der Waals surface area contributed by atoms with E-state index in [0.29, 0.717) is 16.9 Å². The molecule has 8 atom stereocenters. The third kappa shape index (κ3) is 5.43. The van der Waals surface area contributed by atoms with Crippen LogP contribution >= 0.6 is 26.0 Å². The number of hydrogen-bond donors (Lipinski definition) is 6. The molecule has 0 amide bonds. The molecule has 6 rings (SSSR count). The molecule has 0 aliphatic carbocycles. The molecule has 0 aromatic carbocycles. The van der Waals surface area contributed by atoms with Crippen LogP contribution in [-0.4, -0.2) is 86.7 Å². The Morgan fingerprint density at radius 3 is 2.86 bits per heavy atom. The normalized spacial score (nSPS) is 28.0. The molecular weight excluding hydrogens is 634 g/mol. The highest BCUT2D eigenvalue weighted by molar-refractivity contribution is 8.39. The van der Waals surface area contributed by atoms with Gasteiger partial charge >= 0.3 is 7.23 Å². The predicted molar refractivity (Wildman–Crippen MR) is 154 cm³/mol. The van der Waals surface area contributed by atoms with Crippen LogP contribution in [0.4, 0.5) is 11.8 Å². The van der Waals surface area contributed by atoms with E-state index in [2.05, 4.69) is 42.5 Å². The first-order chi connectivity index (χ1) is 20.1. The number of fused-ring (bicyclic) bond motifs is 2. The number of aliphatic hydroxyl groups excluding tert-OH is 1. The van der Waals surface area contributed by atoms with E-state index >= 15 is 0 Å². The number of nitrogens with zero attached hydrogens (tertiary/aromatic N) is 7. The van der Waals surface area contributed by atoms with Gasteiger partial charge in [-0.05, 0) is 28.9 Å². The van der Waals surface area contributed by atoms with Gasteiger partial charge in [0.05, 0.1) is 30.4 Å². The lowest BCUT2D eigenvalue weighted by Crippen LogP contribution is -2.29. The van der Waals surface area contributed by atoms with Crippen molar-refractivity contribution in [1.82, 2.24) is 39.5 Å². The Morgan fingerprint density at radius 1 is 1.29 bits per heavy atom. The van der Waals surface area contributed by atoms with Crippen molar-refractivity contribution in [2.45, 2.75) is 49.3 Å². The maximum Gasteiger partial charge on any atom is 0.582 e. The molecule has 6 heterocycles. The monoisotopic (exact) mass is 659 g/mol. The SMILES string of the molecule is Nc1nc2c(nnn2C2OC(CO)CC2P(O)(=S)OCC2OC(n3ccc4c(N)ncnc43)CC2O[P+](=O)S)c(=O)[nH]1. The summed E-state index contributed by atoms with van der Waals surface area (Å²) in [4.78, 5) is 38.5. The lowest BCUT2D eigenvalue weighted by molar-refractivity contribution is -0.0357. The lowest BCUT2D eigenvalue weighted by Gasteiger charge is -2.27. The third-order valence-corrected chi connectivity index (χ3v) is 10.7. The molecule has 0 spiro atoms. The average molecular weight is 660 g/mol. The zero-order chi connectivity index (χ0) is 29.8. The summed E-state index contributed by atoms with van der Waals surface area (Å²) in [5, 5.41) is 18.3. The number of aromatic amines is 1. The second-order valence-electron chi connectivity index (χ2n) is 9.62. The van der Waals surface area contributed by atoms with Crippen molar-refractivity contribution in [2.24, 2.45) is 0 Å². The number of aliphatic hydroxyl groups is 1. The standard InChI is InChI=1S/C20H24N10O8P2S2/c21-15-9-1-2-29(16(9)24-7-23-15)13-4-10(38-39(33)41)11(37-13)6-35-40(34,42)12-3-8(5-31)36-19(12)30-17-14(27-28-30)18(32)26-20(22)25-17/h1-2,7-8,10-13,19,31H,3-6H2,(H6-,21,22,23,24,25,26,28,32,33,34,41,42)/p+1. The highest BCUT2D eigenvalue weighted by atomic mass is 32.7. The minimum atomic E-state index is -3.74. The Balaban J connectivity index is 1.24. The summed E-state index contributed by atoms with van der Waals surface area (Å²) in [7, 11) is -2.30. The van der Waals surface area contributed by atoms with Crippen molar-refractivity contribution in [3.8, 4) is 0 Å². The first kappa shape index (κ1) is 29.4. The van der Waals surface area contributed by atoms with Crippen LogP contribution in [0.2, 0.25) is 0 Å². The molecule has 4 aromatic heterocycles. The highest BCUT2D eigenvalue weighted by Gasteiger charge is 2.48. The number of nitrogens with two attached hydrogens (primary N) is 2. The fourth-order valence-electron chi connectivity index (χ4n) is 5.14. The van der Waals surface area contributed by atoms with Gasteiger partial charge in [0.2, 0.25) is 5.95 Å². The molecule has 224 valence electrons. The van der Waals surface area contributed by atoms with Gasteiger partial charge in [-0.3, -0.25) is 9.78 Å². The average Bonchev–Trinajstić information content (AvgIpc) is 3.71. The first-order valence-electron chi connectivity index (χ1n) is 12.4.